The summed E-state index contributed by atoms with van der Waals surface area (Å²) in [7, 11) is 0. The van der Waals surface area contributed by atoms with Crippen molar-refractivity contribution in [3.05, 3.63) is 68.7 Å². The van der Waals surface area contributed by atoms with Gasteiger partial charge in [-0.2, -0.15) is 0 Å². The number of carbonyl (C=O) groups excluding carboxylic acids is 1. The smallest absolute Gasteiger partial charge is 0.170 e. The zero-order valence-electron chi connectivity index (χ0n) is 9.59. The normalized spacial score (nSPS) is 10.5. The lowest BCUT2D eigenvalue weighted by Gasteiger charge is -2.06. The van der Waals surface area contributed by atoms with E-state index in [9.17, 15) is 13.6 Å². The van der Waals surface area contributed by atoms with Gasteiger partial charge in [0, 0.05) is 11.4 Å². The molecular weight excluding hydrogens is 338 g/mol. The molecule has 2 aromatic rings. The fourth-order valence-electron chi connectivity index (χ4n) is 1.67. The Bertz CT molecular complexity index is 643. The minimum Gasteiger partial charge on any atom is -0.294 e. The predicted molar refractivity (Wildman–Crippen MR) is 73.5 cm³/mol. The lowest BCUT2D eigenvalue weighted by Crippen LogP contribution is -2.07. The van der Waals surface area contributed by atoms with Crippen LogP contribution in [-0.2, 0) is 6.42 Å². The Hall–Kier alpha value is -1.26. The van der Waals surface area contributed by atoms with Gasteiger partial charge in [0.2, 0.25) is 0 Å². The van der Waals surface area contributed by atoms with Gasteiger partial charge in [-0.15, -0.1) is 0 Å². The molecule has 0 N–H and O–H groups in total. The van der Waals surface area contributed by atoms with Crippen molar-refractivity contribution in [1.82, 2.24) is 0 Å². The van der Waals surface area contributed by atoms with Gasteiger partial charge in [0.15, 0.2) is 5.78 Å². The summed E-state index contributed by atoms with van der Waals surface area (Å²) in [5, 5.41) is 0.283. The Morgan fingerprint density at radius 2 is 1.95 bits per heavy atom. The summed E-state index contributed by atoms with van der Waals surface area (Å²) in [4.78, 5) is 12.0. The number of halogens is 4. The summed E-state index contributed by atoms with van der Waals surface area (Å²) < 4.78 is 27.1. The molecule has 0 aromatic heterocycles. The van der Waals surface area contributed by atoms with Crippen molar-refractivity contribution in [3.63, 3.8) is 0 Å². The van der Waals surface area contributed by atoms with Crippen molar-refractivity contribution in [2.45, 2.75) is 6.42 Å². The molecule has 0 saturated heterocycles. The minimum atomic E-state index is -0.625. The molecule has 0 amide bonds. The van der Waals surface area contributed by atoms with Crippen LogP contribution in [0.1, 0.15) is 15.9 Å². The molecule has 0 fully saturated rings. The van der Waals surface area contributed by atoms with Gasteiger partial charge in [-0.3, -0.25) is 4.79 Å². The molecule has 0 unspecified atom stereocenters. The van der Waals surface area contributed by atoms with Crippen molar-refractivity contribution in [2.75, 3.05) is 0 Å². The average Bonchev–Trinajstić information content (AvgIpc) is 2.37. The zero-order valence-corrected chi connectivity index (χ0v) is 11.9. The highest BCUT2D eigenvalue weighted by Gasteiger charge is 2.16. The van der Waals surface area contributed by atoms with E-state index in [1.165, 1.54) is 30.3 Å². The van der Waals surface area contributed by atoms with Crippen LogP contribution in [0, 0.1) is 11.6 Å². The second-order valence-corrected chi connectivity index (χ2v) is 5.20. The quantitative estimate of drug-likeness (QED) is 0.730. The first-order valence-electron chi connectivity index (χ1n) is 5.40. The van der Waals surface area contributed by atoms with Gasteiger partial charge in [-0.1, -0.05) is 17.7 Å². The largest absolute Gasteiger partial charge is 0.294 e. The zero-order chi connectivity index (χ0) is 14.0. The van der Waals surface area contributed by atoms with Crippen LogP contribution in [0.4, 0.5) is 8.78 Å². The summed E-state index contributed by atoms with van der Waals surface area (Å²) in [6, 6.07) is 8.20. The van der Waals surface area contributed by atoms with E-state index in [4.69, 9.17) is 11.6 Å². The maximum absolute atomic E-state index is 13.8. The van der Waals surface area contributed by atoms with Gasteiger partial charge >= 0.3 is 0 Å². The molecule has 0 saturated carbocycles. The standard InChI is InChI=1S/C14H8BrClF2O/c15-11-3-1-2-10(14(11)18)13(19)7-8-6-9(17)4-5-12(8)16/h1-6H,7H2. The van der Waals surface area contributed by atoms with E-state index in [1.807, 2.05) is 0 Å². The van der Waals surface area contributed by atoms with Crippen LogP contribution in [0.5, 0.6) is 0 Å². The molecule has 0 aliphatic carbocycles. The van der Waals surface area contributed by atoms with E-state index >= 15 is 0 Å². The topological polar surface area (TPSA) is 17.1 Å². The van der Waals surface area contributed by atoms with Crippen molar-refractivity contribution < 1.29 is 13.6 Å². The molecule has 0 radical (unpaired) electrons. The third kappa shape index (κ3) is 3.19. The van der Waals surface area contributed by atoms with Gasteiger partial charge in [-0.05, 0) is 51.8 Å². The van der Waals surface area contributed by atoms with E-state index < -0.39 is 17.4 Å². The molecule has 2 rings (SSSR count). The van der Waals surface area contributed by atoms with Crippen molar-refractivity contribution in [2.24, 2.45) is 0 Å². The summed E-state index contributed by atoms with van der Waals surface area (Å²) >= 11 is 8.89. The average molecular weight is 346 g/mol. The van der Waals surface area contributed by atoms with E-state index in [2.05, 4.69) is 15.9 Å². The van der Waals surface area contributed by atoms with Gasteiger partial charge in [0.1, 0.15) is 11.6 Å². The highest BCUT2D eigenvalue weighted by molar-refractivity contribution is 9.10. The summed E-state index contributed by atoms with van der Waals surface area (Å²) in [5.41, 5.74) is 0.292. The number of hydrogen-bond donors (Lipinski definition) is 0. The number of hydrogen-bond acceptors (Lipinski definition) is 1. The van der Waals surface area contributed by atoms with Gasteiger partial charge in [0.25, 0.3) is 0 Å². The fraction of sp³-hybridized carbons (Fsp3) is 0.0714. The molecule has 0 spiro atoms. The highest BCUT2D eigenvalue weighted by Crippen LogP contribution is 2.22. The second kappa shape index (κ2) is 5.80. The van der Waals surface area contributed by atoms with Crippen LogP contribution in [-0.4, -0.2) is 5.78 Å². The van der Waals surface area contributed by atoms with Gasteiger partial charge in [-0.25, -0.2) is 8.78 Å². The monoisotopic (exact) mass is 344 g/mol. The van der Waals surface area contributed by atoms with Crippen LogP contribution in [0.25, 0.3) is 0 Å². The molecular formula is C14H8BrClF2O. The van der Waals surface area contributed by atoms with Crippen LogP contribution < -0.4 is 0 Å². The Labute approximate surface area is 122 Å². The van der Waals surface area contributed by atoms with E-state index in [0.29, 0.717) is 5.56 Å². The number of rotatable bonds is 3. The maximum Gasteiger partial charge on any atom is 0.170 e. The number of Topliss-reactive ketones (excluding diaryl/α,β-unsaturated/α-hetero) is 1. The Morgan fingerprint density at radius 1 is 1.21 bits per heavy atom. The van der Waals surface area contributed by atoms with Crippen LogP contribution in [0.3, 0.4) is 0 Å². The van der Waals surface area contributed by atoms with Crippen molar-refractivity contribution in [1.29, 1.82) is 0 Å². The molecule has 5 heteroatoms. The van der Waals surface area contributed by atoms with Crippen molar-refractivity contribution in [3.8, 4) is 0 Å². The third-order valence-electron chi connectivity index (χ3n) is 2.61. The Balaban J connectivity index is 2.31. The van der Waals surface area contributed by atoms with Crippen LogP contribution in [0.15, 0.2) is 40.9 Å². The first kappa shape index (κ1) is 14.2. The molecule has 2 aromatic carbocycles. The summed E-state index contributed by atoms with van der Waals surface area (Å²) in [5.74, 6) is -1.56. The molecule has 0 aliphatic heterocycles. The fourth-order valence-corrected chi connectivity index (χ4v) is 2.22. The lowest BCUT2D eigenvalue weighted by atomic mass is 10.0. The van der Waals surface area contributed by atoms with Crippen LogP contribution in [0.2, 0.25) is 5.02 Å². The number of ketones is 1. The van der Waals surface area contributed by atoms with E-state index in [-0.39, 0.29) is 21.5 Å². The SMILES string of the molecule is O=C(Cc1cc(F)ccc1Cl)c1cccc(Br)c1F. The van der Waals surface area contributed by atoms with Gasteiger partial charge in [0.05, 0.1) is 10.0 Å². The predicted octanol–water partition coefficient (Wildman–Crippen LogP) is 4.81. The molecule has 0 atom stereocenters. The third-order valence-corrected chi connectivity index (χ3v) is 3.59. The molecule has 0 bridgehead atoms. The Kier molecular flexibility index (Phi) is 4.32. The molecule has 0 heterocycles. The summed E-state index contributed by atoms with van der Waals surface area (Å²) in [6.45, 7) is 0. The van der Waals surface area contributed by atoms with E-state index in [0.717, 1.165) is 0 Å². The number of carbonyl (C=O) groups is 1. The molecule has 0 aliphatic rings. The first-order chi connectivity index (χ1) is 8.99. The second-order valence-electron chi connectivity index (χ2n) is 3.94. The molecule has 1 nitrogen and oxygen atoms in total. The number of benzene rings is 2. The molecule has 98 valence electrons. The van der Waals surface area contributed by atoms with Crippen molar-refractivity contribution >= 4 is 33.3 Å². The summed E-state index contributed by atoms with van der Waals surface area (Å²) in [6.07, 6.45) is -0.149. The van der Waals surface area contributed by atoms with E-state index in [1.54, 1.807) is 6.07 Å². The van der Waals surface area contributed by atoms with Gasteiger partial charge < -0.3 is 0 Å². The maximum atomic E-state index is 13.8. The molecule has 19 heavy (non-hydrogen) atoms. The van der Waals surface area contributed by atoms with Crippen LogP contribution >= 0.6 is 27.5 Å². The lowest BCUT2D eigenvalue weighted by molar-refractivity contribution is 0.0989. The first-order valence-corrected chi connectivity index (χ1v) is 6.57. The Morgan fingerprint density at radius 3 is 2.68 bits per heavy atom. The highest BCUT2D eigenvalue weighted by atomic mass is 79.9. The minimum absolute atomic E-state index is 0.0466.